The van der Waals surface area contributed by atoms with Gasteiger partial charge >= 0.3 is 6.09 Å². The van der Waals surface area contributed by atoms with Crippen molar-refractivity contribution >= 4 is 22.9 Å². The maximum Gasteiger partial charge on any atom is 0.413 e. The molecule has 4 rings (SSSR count). The van der Waals surface area contributed by atoms with Gasteiger partial charge in [-0.1, -0.05) is 29.8 Å². The lowest BCUT2D eigenvalue weighted by atomic mass is 10.0. The first-order valence-corrected chi connectivity index (χ1v) is 9.36. The van der Waals surface area contributed by atoms with Crippen LogP contribution in [0, 0.1) is 13.8 Å². The number of benzene rings is 2. The minimum absolute atomic E-state index is 0.167. The number of hydrogen-bond acceptors (Lipinski definition) is 4. The van der Waals surface area contributed by atoms with Crippen molar-refractivity contribution in [3.05, 3.63) is 65.5 Å². The highest BCUT2D eigenvalue weighted by Gasteiger charge is 2.13. The van der Waals surface area contributed by atoms with Gasteiger partial charge in [0.2, 0.25) is 0 Å². The molecule has 0 radical (unpaired) electrons. The minimum atomic E-state index is -0.527. The van der Waals surface area contributed by atoms with Gasteiger partial charge in [0.1, 0.15) is 12.4 Å². The molecule has 0 fully saturated rings. The summed E-state index contributed by atoms with van der Waals surface area (Å²) in [6.45, 7) is 4.28. The Labute approximate surface area is 168 Å². The third kappa shape index (κ3) is 3.85. The number of nitrogens with one attached hydrogen (secondary N) is 1. The van der Waals surface area contributed by atoms with E-state index in [0.29, 0.717) is 5.82 Å². The zero-order valence-corrected chi connectivity index (χ0v) is 16.9. The van der Waals surface area contributed by atoms with Crippen molar-refractivity contribution in [1.82, 2.24) is 19.3 Å². The summed E-state index contributed by atoms with van der Waals surface area (Å²) in [5.41, 5.74) is 6.98. The summed E-state index contributed by atoms with van der Waals surface area (Å²) in [6, 6.07) is 13.9. The van der Waals surface area contributed by atoms with Crippen LogP contribution in [0.3, 0.4) is 0 Å². The SMILES string of the molecule is Cc1ccc(-c2cc(NC(=O)OCc3ccc4c(c3)ncn4C)n(C)n2)c(C)c1. The maximum absolute atomic E-state index is 12.3. The summed E-state index contributed by atoms with van der Waals surface area (Å²) < 4.78 is 8.95. The molecule has 0 aliphatic rings. The largest absolute Gasteiger partial charge is 0.444 e. The second-order valence-corrected chi connectivity index (χ2v) is 7.24. The molecule has 1 amide bonds. The number of imidazole rings is 1. The lowest BCUT2D eigenvalue weighted by Crippen LogP contribution is -2.15. The molecule has 7 heteroatoms. The van der Waals surface area contributed by atoms with E-state index < -0.39 is 6.09 Å². The zero-order chi connectivity index (χ0) is 20.5. The van der Waals surface area contributed by atoms with Gasteiger partial charge in [0.15, 0.2) is 0 Å². The highest BCUT2D eigenvalue weighted by Crippen LogP contribution is 2.25. The molecule has 0 saturated carbocycles. The Morgan fingerprint density at radius 2 is 1.93 bits per heavy atom. The Kier molecular flexibility index (Phi) is 4.80. The van der Waals surface area contributed by atoms with E-state index in [1.807, 2.05) is 41.9 Å². The van der Waals surface area contributed by atoms with Crippen LogP contribution in [0.25, 0.3) is 22.3 Å². The van der Waals surface area contributed by atoms with Crippen LogP contribution in [-0.2, 0) is 25.4 Å². The lowest BCUT2D eigenvalue weighted by Gasteiger charge is -2.07. The van der Waals surface area contributed by atoms with Crippen LogP contribution in [-0.4, -0.2) is 25.4 Å². The van der Waals surface area contributed by atoms with Crippen molar-refractivity contribution in [2.45, 2.75) is 20.5 Å². The Morgan fingerprint density at radius 3 is 2.72 bits per heavy atom. The van der Waals surface area contributed by atoms with E-state index in [-0.39, 0.29) is 6.61 Å². The maximum atomic E-state index is 12.3. The van der Waals surface area contributed by atoms with Gasteiger partial charge in [-0.3, -0.25) is 10.00 Å². The highest BCUT2D eigenvalue weighted by atomic mass is 16.5. The molecule has 0 spiro atoms. The van der Waals surface area contributed by atoms with Gasteiger partial charge in [0, 0.05) is 25.7 Å². The standard InChI is InChI=1S/C22H23N5O2/c1-14-5-7-17(15(2)9-14)18-11-21(27(4)25-18)24-22(28)29-12-16-6-8-20-19(10-16)23-13-26(20)3/h5-11,13H,12H2,1-4H3,(H,24,28). The van der Waals surface area contributed by atoms with Gasteiger partial charge in [0.25, 0.3) is 0 Å². The summed E-state index contributed by atoms with van der Waals surface area (Å²) in [6.07, 6.45) is 1.24. The number of anilines is 1. The summed E-state index contributed by atoms with van der Waals surface area (Å²) in [4.78, 5) is 16.6. The predicted molar refractivity (Wildman–Crippen MR) is 113 cm³/mol. The molecule has 2 heterocycles. The van der Waals surface area contributed by atoms with Crippen LogP contribution in [0.1, 0.15) is 16.7 Å². The van der Waals surface area contributed by atoms with Crippen LogP contribution < -0.4 is 5.32 Å². The van der Waals surface area contributed by atoms with Crippen LogP contribution in [0.5, 0.6) is 0 Å². The fourth-order valence-electron chi connectivity index (χ4n) is 3.38. The van der Waals surface area contributed by atoms with Crippen molar-refractivity contribution in [1.29, 1.82) is 0 Å². The Morgan fingerprint density at radius 1 is 1.10 bits per heavy atom. The molecule has 7 nitrogen and oxygen atoms in total. The van der Waals surface area contributed by atoms with E-state index in [1.165, 1.54) is 5.56 Å². The van der Waals surface area contributed by atoms with Crippen LogP contribution in [0.15, 0.2) is 48.8 Å². The van der Waals surface area contributed by atoms with Crippen LogP contribution >= 0.6 is 0 Å². The molecule has 0 unspecified atom stereocenters. The van der Waals surface area contributed by atoms with Crippen LogP contribution in [0.2, 0.25) is 0 Å². The first kappa shape index (κ1) is 18.7. The summed E-state index contributed by atoms with van der Waals surface area (Å²) in [5, 5.41) is 7.28. The van der Waals surface area contributed by atoms with Crippen molar-refractivity contribution in [3.8, 4) is 11.3 Å². The van der Waals surface area contributed by atoms with E-state index in [0.717, 1.165) is 33.4 Å². The van der Waals surface area contributed by atoms with Crippen molar-refractivity contribution in [2.24, 2.45) is 14.1 Å². The van der Waals surface area contributed by atoms with E-state index in [2.05, 4.69) is 41.4 Å². The van der Waals surface area contributed by atoms with Gasteiger partial charge in [-0.2, -0.15) is 5.10 Å². The third-order valence-corrected chi connectivity index (χ3v) is 4.93. The molecule has 0 bridgehead atoms. The van der Waals surface area contributed by atoms with Crippen LogP contribution in [0.4, 0.5) is 10.6 Å². The first-order valence-electron chi connectivity index (χ1n) is 9.36. The number of nitrogens with zero attached hydrogens (tertiary/aromatic N) is 4. The molecular formula is C22H23N5O2. The molecular weight excluding hydrogens is 366 g/mol. The lowest BCUT2D eigenvalue weighted by molar-refractivity contribution is 0.155. The van der Waals surface area contributed by atoms with Gasteiger partial charge in [-0.05, 0) is 37.1 Å². The van der Waals surface area contributed by atoms with Crippen molar-refractivity contribution in [3.63, 3.8) is 0 Å². The average Bonchev–Trinajstić information content (AvgIpc) is 3.23. The van der Waals surface area contributed by atoms with Gasteiger partial charge in [0.05, 0.1) is 23.1 Å². The van der Waals surface area contributed by atoms with Gasteiger partial charge < -0.3 is 9.30 Å². The highest BCUT2D eigenvalue weighted by molar-refractivity contribution is 5.84. The molecule has 148 valence electrons. The van der Waals surface area contributed by atoms with Crippen molar-refractivity contribution < 1.29 is 9.53 Å². The Bertz CT molecular complexity index is 1210. The molecule has 0 aliphatic heterocycles. The Hall–Kier alpha value is -3.61. The van der Waals surface area contributed by atoms with Gasteiger partial charge in [-0.25, -0.2) is 9.78 Å². The molecule has 2 aromatic carbocycles. The predicted octanol–water partition coefficient (Wildman–Crippen LogP) is 4.34. The molecule has 29 heavy (non-hydrogen) atoms. The van der Waals surface area contributed by atoms with E-state index >= 15 is 0 Å². The smallest absolute Gasteiger partial charge is 0.413 e. The number of carbonyl (C=O) groups is 1. The number of ether oxygens (including phenoxy) is 1. The minimum Gasteiger partial charge on any atom is -0.444 e. The Balaban J connectivity index is 1.43. The summed E-state index contributed by atoms with van der Waals surface area (Å²) in [7, 11) is 3.73. The number of rotatable bonds is 4. The molecule has 2 aromatic heterocycles. The number of carbonyl (C=O) groups excluding carboxylic acids is 1. The first-order chi connectivity index (χ1) is 13.9. The second kappa shape index (κ2) is 7.43. The number of aromatic nitrogens is 4. The fraction of sp³-hybridized carbons (Fsp3) is 0.227. The van der Waals surface area contributed by atoms with E-state index in [4.69, 9.17) is 4.74 Å². The van der Waals surface area contributed by atoms with Gasteiger partial charge in [-0.15, -0.1) is 0 Å². The second-order valence-electron chi connectivity index (χ2n) is 7.24. The number of fused-ring (bicyclic) bond motifs is 1. The number of hydrogen-bond donors (Lipinski definition) is 1. The zero-order valence-electron chi connectivity index (χ0n) is 16.9. The topological polar surface area (TPSA) is 74.0 Å². The molecule has 4 aromatic rings. The normalized spacial score (nSPS) is 11.0. The fourth-order valence-corrected chi connectivity index (χ4v) is 3.38. The third-order valence-electron chi connectivity index (χ3n) is 4.93. The average molecular weight is 389 g/mol. The molecule has 1 N–H and O–H groups in total. The molecule has 0 atom stereocenters. The monoisotopic (exact) mass is 389 g/mol. The summed E-state index contributed by atoms with van der Waals surface area (Å²) >= 11 is 0. The number of aryl methyl sites for hydroxylation is 4. The summed E-state index contributed by atoms with van der Waals surface area (Å²) in [5.74, 6) is 0.574. The molecule has 0 aliphatic carbocycles. The van der Waals surface area contributed by atoms with E-state index in [1.54, 1.807) is 18.1 Å². The van der Waals surface area contributed by atoms with Crippen molar-refractivity contribution in [2.75, 3.05) is 5.32 Å². The molecule has 0 saturated heterocycles. The number of amides is 1. The van der Waals surface area contributed by atoms with E-state index in [9.17, 15) is 4.79 Å². The quantitative estimate of drug-likeness (QED) is 0.563.